The molecule has 1 aromatic carbocycles. The molecule has 0 aliphatic rings. The van der Waals surface area contributed by atoms with E-state index in [1.165, 1.54) is 0 Å². The van der Waals surface area contributed by atoms with E-state index < -0.39 is 10.3 Å². The normalized spacial score (nSPS) is 7.87. The van der Waals surface area contributed by atoms with Gasteiger partial charge in [0.1, 0.15) is 0 Å². The second kappa shape index (κ2) is 14.3. The summed E-state index contributed by atoms with van der Waals surface area (Å²) in [5, 5.41) is 0. The minimum absolute atomic E-state index is 0. The smallest absolute Gasteiger partial charge is 0.0623 e. The molecule has 1 aromatic rings. The van der Waals surface area contributed by atoms with Crippen molar-refractivity contribution >= 4 is 51.6 Å². The van der Waals surface area contributed by atoms with Gasteiger partial charge in [-0.3, -0.25) is 4.55 Å². The van der Waals surface area contributed by atoms with Crippen LogP contribution in [-0.2, 0) is 10.3 Å². The molecular formula is C6H13ClNNaO5S. The van der Waals surface area contributed by atoms with Crippen LogP contribution in [0, 0.1) is 0 Å². The Balaban J connectivity index is -0.0000000672. The minimum Gasteiger partial charge on any atom is -0.0623 e. The van der Waals surface area contributed by atoms with Crippen LogP contribution in [0.5, 0.6) is 0 Å². The van der Waals surface area contributed by atoms with Crippen LogP contribution in [0.1, 0.15) is 0 Å². The molecule has 0 saturated heterocycles. The van der Waals surface area contributed by atoms with Crippen molar-refractivity contribution in [2.45, 2.75) is 0 Å². The third-order valence-corrected chi connectivity index (χ3v) is 1.54. The predicted molar refractivity (Wildman–Crippen MR) is 61.4 cm³/mol. The first kappa shape index (κ1) is 24.5. The largest absolute Gasteiger partial charge is 0.0623 e. The molecule has 0 spiro atoms. The minimum atomic E-state index is -4.15. The van der Waals surface area contributed by atoms with E-state index in [2.05, 4.69) is 11.8 Å². The maximum Gasteiger partial charge on any atom is -0.0623 e. The van der Waals surface area contributed by atoms with Gasteiger partial charge in [0.05, 0.1) is 0 Å². The number of hydrogen-bond donors (Lipinski definition) is 2. The monoisotopic (exact) mass is 269 g/mol. The van der Waals surface area contributed by atoms with E-state index in [9.17, 15) is 8.42 Å². The molecule has 1 rings (SSSR count). The second-order valence-corrected chi connectivity index (χ2v) is 3.27. The van der Waals surface area contributed by atoms with Gasteiger partial charge in [0.2, 0.25) is 0 Å². The second-order valence-electron chi connectivity index (χ2n) is 1.71. The van der Waals surface area contributed by atoms with E-state index in [0.29, 0.717) is 0 Å². The van der Waals surface area contributed by atoms with Gasteiger partial charge >= 0.3 is 39.9 Å². The fourth-order valence-corrected chi connectivity index (χ4v) is 0.385. The van der Waals surface area contributed by atoms with Gasteiger partial charge in [0.25, 0.3) is 0 Å². The molecule has 15 heavy (non-hydrogen) atoms. The summed E-state index contributed by atoms with van der Waals surface area (Å²) >= 11 is 4.39. The molecule has 0 aromatic heterocycles. The zero-order chi connectivity index (χ0) is 9.45. The molecule has 6 nitrogen and oxygen atoms in total. The summed E-state index contributed by atoms with van der Waals surface area (Å²) < 4.78 is 27.3. The van der Waals surface area contributed by atoms with Crippen LogP contribution in [-0.4, -0.2) is 53.5 Å². The first-order valence-corrected chi connectivity index (χ1v) is 4.73. The van der Waals surface area contributed by atoms with Crippen molar-refractivity contribution in [3.05, 3.63) is 36.4 Å². The van der Waals surface area contributed by atoms with Crippen LogP contribution in [0.15, 0.2) is 36.4 Å². The Morgan fingerprint density at radius 3 is 1.13 bits per heavy atom. The Morgan fingerprint density at radius 1 is 0.933 bits per heavy atom. The summed E-state index contributed by atoms with van der Waals surface area (Å²) in [6.07, 6.45) is 0. The zero-order valence-electron chi connectivity index (χ0n) is 7.01. The molecule has 0 fully saturated rings. The van der Waals surface area contributed by atoms with Crippen LogP contribution in [0.4, 0.5) is 0 Å². The fourth-order valence-electron chi connectivity index (χ4n) is 0.385. The average molecular weight is 270 g/mol. The fraction of sp³-hybridized carbons (Fsp3) is 0. The molecular weight excluding hydrogens is 257 g/mol. The van der Waals surface area contributed by atoms with E-state index in [1.54, 1.807) is 0 Å². The van der Waals surface area contributed by atoms with Crippen LogP contribution >= 0.6 is 11.8 Å². The van der Waals surface area contributed by atoms with Crippen molar-refractivity contribution in [3.8, 4) is 0 Å². The van der Waals surface area contributed by atoms with E-state index in [0.717, 1.165) is 4.24 Å². The number of nitrogens with one attached hydrogen (secondary N) is 1. The van der Waals surface area contributed by atoms with E-state index in [-0.39, 0.29) is 40.5 Å². The van der Waals surface area contributed by atoms with Gasteiger partial charge < -0.3 is 11.0 Å². The first-order valence-electron chi connectivity index (χ1n) is 2.91. The van der Waals surface area contributed by atoms with Gasteiger partial charge in [-0.2, -0.15) is 8.42 Å². The van der Waals surface area contributed by atoms with E-state index >= 15 is 0 Å². The molecule has 0 unspecified atom stereocenters. The SMILES string of the molecule is O.O.O=S(=O)(O)NCl.[NaH].c1ccccc1. The molecule has 0 radical (unpaired) electrons. The Labute approximate surface area is 116 Å². The van der Waals surface area contributed by atoms with Crippen molar-refractivity contribution < 1.29 is 23.9 Å². The molecule has 6 N–H and O–H groups in total. The summed E-state index contributed by atoms with van der Waals surface area (Å²) in [7, 11) is -4.15. The van der Waals surface area contributed by atoms with Crippen molar-refractivity contribution in [2.24, 2.45) is 0 Å². The zero-order valence-corrected chi connectivity index (χ0v) is 8.59. The molecule has 0 heterocycles. The summed E-state index contributed by atoms with van der Waals surface area (Å²) in [6, 6.07) is 12.0. The first-order chi connectivity index (χ1) is 5.56. The Morgan fingerprint density at radius 2 is 1.07 bits per heavy atom. The summed E-state index contributed by atoms with van der Waals surface area (Å²) in [5.74, 6) is 0. The van der Waals surface area contributed by atoms with Crippen LogP contribution in [0.2, 0.25) is 0 Å². The van der Waals surface area contributed by atoms with E-state index in [4.69, 9.17) is 4.55 Å². The molecule has 0 aliphatic heterocycles. The number of hydrogen-bond acceptors (Lipinski definition) is 2. The number of rotatable bonds is 1. The summed E-state index contributed by atoms with van der Waals surface area (Å²) in [6.45, 7) is 0. The Kier molecular flexibility index (Phi) is 23.4. The van der Waals surface area contributed by atoms with Crippen LogP contribution in [0.25, 0.3) is 0 Å². The Bertz CT molecular complexity index is 269. The Hall–Kier alpha value is 0.300. The number of benzene rings is 1. The van der Waals surface area contributed by atoms with Gasteiger partial charge in [0, 0.05) is 0 Å². The van der Waals surface area contributed by atoms with Crippen molar-refractivity contribution in [1.29, 1.82) is 0 Å². The third-order valence-electron chi connectivity index (χ3n) is 0.764. The molecule has 0 amide bonds. The summed E-state index contributed by atoms with van der Waals surface area (Å²) in [5.41, 5.74) is 0. The topological polar surface area (TPSA) is 129 Å². The molecule has 9 heteroatoms. The number of halogens is 1. The maximum atomic E-state index is 9.31. The molecule has 0 aliphatic carbocycles. The standard InChI is InChI=1S/C6H6.ClH2NO3S.Na.2H2O.H/c1-2-4-6-5-3-1;1-2-6(3,4)5;;;;/h1-6H;2H,(H,3,4,5);;2*1H2;. The summed E-state index contributed by atoms with van der Waals surface area (Å²) in [4.78, 5) is 0. The third kappa shape index (κ3) is 25.0. The van der Waals surface area contributed by atoms with Crippen molar-refractivity contribution in [3.63, 3.8) is 0 Å². The maximum absolute atomic E-state index is 9.31. The molecule has 0 atom stereocenters. The van der Waals surface area contributed by atoms with Gasteiger partial charge in [-0.1, -0.05) is 36.4 Å². The molecule has 0 bridgehead atoms. The van der Waals surface area contributed by atoms with Gasteiger partial charge in [0.15, 0.2) is 0 Å². The average Bonchev–Trinajstić information content (AvgIpc) is 2.07. The quantitative estimate of drug-likeness (QED) is 0.382. The van der Waals surface area contributed by atoms with Crippen molar-refractivity contribution in [2.75, 3.05) is 0 Å². The van der Waals surface area contributed by atoms with E-state index in [1.807, 2.05) is 36.4 Å². The predicted octanol–water partition coefficient (Wildman–Crippen LogP) is -1.08. The van der Waals surface area contributed by atoms with Gasteiger partial charge in [-0.15, -0.1) is 4.24 Å². The van der Waals surface area contributed by atoms with Gasteiger partial charge in [-0.25, -0.2) is 0 Å². The van der Waals surface area contributed by atoms with Crippen LogP contribution in [0.3, 0.4) is 0 Å². The molecule has 86 valence electrons. The van der Waals surface area contributed by atoms with Crippen LogP contribution < -0.4 is 4.24 Å². The molecule has 0 saturated carbocycles. The van der Waals surface area contributed by atoms with Crippen molar-refractivity contribution in [1.82, 2.24) is 4.24 Å². The van der Waals surface area contributed by atoms with Gasteiger partial charge in [-0.05, 0) is 11.8 Å².